The van der Waals surface area contributed by atoms with E-state index in [2.05, 4.69) is 16.8 Å². The minimum atomic E-state index is -0.961. The molecule has 2 aliphatic heterocycles. The number of piperazine rings is 1. The number of likely N-dealkylation sites (N-methyl/N-ethyl adjacent to an activating group) is 1. The standard InChI is InChI=1S/C27H26ClN3O5/c1-29-11-13-30(14-12-29)17-5-7-18(8-6-17)31-24(22-4-3-15-36-22)23(26(33)27(31)34)25(32)20-16-19(35-2)9-10-21(20)28/h3-10,15-16,24,32H,11-14H2,1-2H3/b25-23-. The van der Waals surface area contributed by atoms with Crippen molar-refractivity contribution in [1.82, 2.24) is 4.90 Å². The Morgan fingerprint density at radius 1 is 1.03 bits per heavy atom. The zero-order valence-corrected chi connectivity index (χ0v) is 20.7. The molecule has 0 spiro atoms. The first-order chi connectivity index (χ1) is 17.4. The van der Waals surface area contributed by atoms with Crippen LogP contribution in [-0.4, -0.2) is 62.0 Å². The highest BCUT2D eigenvalue weighted by atomic mass is 35.5. The number of Topliss-reactive ketones (excluding diaryl/α,β-unsaturated/α-hetero) is 1. The van der Waals surface area contributed by atoms with Crippen LogP contribution >= 0.6 is 11.6 Å². The summed E-state index contributed by atoms with van der Waals surface area (Å²) < 4.78 is 10.9. The third kappa shape index (κ3) is 4.23. The molecule has 0 saturated carbocycles. The molecule has 186 valence electrons. The normalized spacial score (nSPS) is 20.2. The fraction of sp³-hybridized carbons (Fsp3) is 0.259. The lowest BCUT2D eigenvalue weighted by Crippen LogP contribution is -2.44. The summed E-state index contributed by atoms with van der Waals surface area (Å²) in [5.41, 5.74) is 1.65. The Balaban J connectivity index is 1.57. The van der Waals surface area contributed by atoms with Crippen molar-refractivity contribution < 1.29 is 23.8 Å². The fourth-order valence-corrected chi connectivity index (χ4v) is 4.87. The Morgan fingerprint density at radius 2 is 1.72 bits per heavy atom. The Kier molecular flexibility index (Phi) is 6.47. The van der Waals surface area contributed by atoms with Gasteiger partial charge in [0.25, 0.3) is 11.7 Å². The molecule has 0 radical (unpaired) electrons. The van der Waals surface area contributed by atoms with E-state index in [4.69, 9.17) is 20.8 Å². The summed E-state index contributed by atoms with van der Waals surface area (Å²) in [4.78, 5) is 32.5. The van der Waals surface area contributed by atoms with E-state index >= 15 is 0 Å². The van der Waals surface area contributed by atoms with Gasteiger partial charge in [-0.2, -0.15) is 0 Å². The second-order valence-corrected chi connectivity index (χ2v) is 9.24. The van der Waals surface area contributed by atoms with E-state index in [-0.39, 0.29) is 16.2 Å². The van der Waals surface area contributed by atoms with Crippen LogP contribution in [0.3, 0.4) is 0 Å². The zero-order chi connectivity index (χ0) is 25.4. The third-order valence-corrected chi connectivity index (χ3v) is 7.01. The molecule has 1 atom stereocenters. The Hall–Kier alpha value is -3.75. The van der Waals surface area contributed by atoms with Crippen molar-refractivity contribution in [2.75, 3.05) is 50.1 Å². The average Bonchev–Trinajstić information content (AvgIpc) is 3.51. The highest BCUT2D eigenvalue weighted by Crippen LogP contribution is 2.43. The first-order valence-corrected chi connectivity index (χ1v) is 12.0. The SMILES string of the molecule is COc1ccc(Cl)c(/C(O)=C2/C(=O)C(=O)N(c3ccc(N4CCN(C)CC4)cc3)C2c2ccco2)c1. The monoisotopic (exact) mass is 507 g/mol. The summed E-state index contributed by atoms with van der Waals surface area (Å²) in [5, 5.41) is 11.5. The summed E-state index contributed by atoms with van der Waals surface area (Å²) in [6.45, 7) is 3.77. The molecule has 2 aliphatic rings. The summed E-state index contributed by atoms with van der Waals surface area (Å²) in [5.74, 6) is -1.18. The lowest BCUT2D eigenvalue weighted by atomic mass is 9.99. The Labute approximate surface area is 213 Å². The summed E-state index contributed by atoms with van der Waals surface area (Å²) in [6, 6.07) is 14.6. The smallest absolute Gasteiger partial charge is 0.300 e. The van der Waals surface area contributed by atoms with E-state index in [1.165, 1.54) is 24.3 Å². The number of benzene rings is 2. The molecule has 1 aromatic heterocycles. The molecule has 2 aromatic carbocycles. The van der Waals surface area contributed by atoms with Crippen LogP contribution in [0.2, 0.25) is 5.02 Å². The van der Waals surface area contributed by atoms with Gasteiger partial charge in [0.05, 0.1) is 24.0 Å². The molecular weight excluding hydrogens is 482 g/mol. The molecule has 36 heavy (non-hydrogen) atoms. The van der Waals surface area contributed by atoms with Gasteiger partial charge in [0.1, 0.15) is 23.3 Å². The van der Waals surface area contributed by atoms with Gasteiger partial charge in [0.15, 0.2) is 0 Å². The number of aliphatic hydroxyl groups is 1. The molecule has 5 rings (SSSR count). The summed E-state index contributed by atoms with van der Waals surface area (Å²) >= 11 is 6.35. The van der Waals surface area contributed by atoms with Crippen molar-refractivity contribution in [3.8, 4) is 5.75 Å². The molecule has 3 heterocycles. The van der Waals surface area contributed by atoms with E-state index in [1.807, 2.05) is 24.3 Å². The van der Waals surface area contributed by atoms with Gasteiger partial charge in [-0.1, -0.05) is 11.6 Å². The van der Waals surface area contributed by atoms with Crippen LogP contribution in [0.5, 0.6) is 5.75 Å². The molecular formula is C27H26ClN3O5. The number of hydrogen-bond acceptors (Lipinski definition) is 7. The second kappa shape index (κ2) is 9.72. The first kappa shape index (κ1) is 24.0. The van der Waals surface area contributed by atoms with Gasteiger partial charge in [-0.3, -0.25) is 14.5 Å². The average molecular weight is 508 g/mol. The van der Waals surface area contributed by atoms with Crippen molar-refractivity contribution in [1.29, 1.82) is 0 Å². The fourth-order valence-electron chi connectivity index (χ4n) is 4.66. The number of ketones is 1. The van der Waals surface area contributed by atoms with Crippen LogP contribution in [0, 0.1) is 0 Å². The third-order valence-electron chi connectivity index (χ3n) is 6.68. The number of ether oxygens (including phenoxy) is 1. The molecule has 8 nitrogen and oxygen atoms in total. The molecule has 0 aliphatic carbocycles. The van der Waals surface area contributed by atoms with Crippen molar-refractivity contribution in [2.45, 2.75) is 6.04 Å². The van der Waals surface area contributed by atoms with Crippen LogP contribution in [-0.2, 0) is 9.59 Å². The molecule has 1 unspecified atom stereocenters. The Morgan fingerprint density at radius 3 is 2.36 bits per heavy atom. The molecule has 2 fully saturated rings. The number of hydrogen-bond donors (Lipinski definition) is 1. The number of halogens is 1. The summed E-state index contributed by atoms with van der Waals surface area (Å²) in [7, 11) is 3.59. The van der Waals surface area contributed by atoms with Gasteiger partial charge in [-0.15, -0.1) is 0 Å². The minimum Gasteiger partial charge on any atom is -0.507 e. The van der Waals surface area contributed by atoms with Crippen molar-refractivity contribution >= 4 is 40.4 Å². The molecule has 0 bridgehead atoms. The zero-order valence-electron chi connectivity index (χ0n) is 20.0. The maximum Gasteiger partial charge on any atom is 0.300 e. The lowest BCUT2D eigenvalue weighted by molar-refractivity contribution is -0.132. The van der Waals surface area contributed by atoms with Crippen molar-refractivity contribution in [3.63, 3.8) is 0 Å². The Bertz CT molecular complexity index is 1310. The van der Waals surface area contributed by atoms with Crippen LogP contribution in [0.4, 0.5) is 11.4 Å². The van der Waals surface area contributed by atoms with E-state index in [0.29, 0.717) is 17.2 Å². The van der Waals surface area contributed by atoms with Crippen LogP contribution in [0.1, 0.15) is 17.4 Å². The molecule has 1 N–H and O–H groups in total. The summed E-state index contributed by atoms with van der Waals surface area (Å²) in [6.07, 6.45) is 1.46. The van der Waals surface area contributed by atoms with E-state index in [9.17, 15) is 14.7 Å². The molecule has 3 aromatic rings. The highest BCUT2D eigenvalue weighted by Gasteiger charge is 2.48. The number of amides is 1. The van der Waals surface area contributed by atoms with E-state index < -0.39 is 23.5 Å². The largest absolute Gasteiger partial charge is 0.507 e. The van der Waals surface area contributed by atoms with Crippen molar-refractivity contribution in [2.24, 2.45) is 0 Å². The predicted octanol–water partition coefficient (Wildman–Crippen LogP) is 4.32. The van der Waals surface area contributed by atoms with E-state index in [1.54, 1.807) is 24.3 Å². The van der Waals surface area contributed by atoms with Crippen molar-refractivity contribution in [3.05, 3.63) is 82.8 Å². The molecule has 2 saturated heterocycles. The number of carbonyl (C=O) groups is 2. The quantitative estimate of drug-likeness (QED) is 0.312. The van der Waals surface area contributed by atoms with Crippen LogP contribution in [0.25, 0.3) is 5.76 Å². The maximum atomic E-state index is 13.3. The number of furan rings is 1. The number of anilines is 2. The van der Waals surface area contributed by atoms with Gasteiger partial charge in [0.2, 0.25) is 0 Å². The number of rotatable bonds is 5. The lowest BCUT2D eigenvalue weighted by Gasteiger charge is -2.34. The van der Waals surface area contributed by atoms with E-state index in [0.717, 1.165) is 31.9 Å². The van der Waals surface area contributed by atoms with Gasteiger partial charge in [0, 0.05) is 43.1 Å². The molecule has 1 amide bonds. The van der Waals surface area contributed by atoms with Crippen LogP contribution in [0.15, 0.2) is 70.9 Å². The van der Waals surface area contributed by atoms with Gasteiger partial charge < -0.3 is 24.1 Å². The predicted molar refractivity (Wildman–Crippen MR) is 138 cm³/mol. The molecule has 9 heteroatoms. The number of carbonyl (C=O) groups excluding carboxylic acids is 2. The van der Waals surface area contributed by atoms with Gasteiger partial charge in [-0.05, 0) is 61.6 Å². The first-order valence-electron chi connectivity index (χ1n) is 11.6. The number of nitrogens with zero attached hydrogens (tertiary/aromatic N) is 3. The number of aliphatic hydroxyl groups excluding tert-OH is 1. The second-order valence-electron chi connectivity index (χ2n) is 8.84. The highest BCUT2D eigenvalue weighted by molar-refractivity contribution is 6.52. The topological polar surface area (TPSA) is 86.5 Å². The van der Waals surface area contributed by atoms with Crippen LogP contribution < -0.4 is 14.5 Å². The van der Waals surface area contributed by atoms with Gasteiger partial charge >= 0.3 is 0 Å². The number of methoxy groups -OCH3 is 1. The minimum absolute atomic E-state index is 0.103. The van der Waals surface area contributed by atoms with Gasteiger partial charge in [-0.25, -0.2) is 0 Å². The maximum absolute atomic E-state index is 13.3.